The minimum atomic E-state index is -1.06. The van der Waals surface area contributed by atoms with Crippen molar-refractivity contribution in [1.82, 2.24) is 4.90 Å². The zero-order valence-corrected chi connectivity index (χ0v) is 11.5. The minimum Gasteiger partial charge on any atom is -0.480 e. The summed E-state index contributed by atoms with van der Waals surface area (Å²) in [6.45, 7) is 8.13. The Labute approximate surface area is 108 Å². The van der Waals surface area contributed by atoms with Crippen LogP contribution in [0.2, 0.25) is 0 Å². The van der Waals surface area contributed by atoms with E-state index in [1.807, 2.05) is 0 Å². The molecule has 4 heteroatoms. The lowest BCUT2D eigenvalue weighted by Gasteiger charge is -2.42. The number of carbonyl (C=O) groups excluding carboxylic acids is 1. The van der Waals surface area contributed by atoms with Crippen molar-refractivity contribution in [2.24, 2.45) is 16.7 Å². The molecule has 1 aliphatic heterocycles. The summed E-state index contributed by atoms with van der Waals surface area (Å²) in [6.07, 6.45) is 2.98. The van der Waals surface area contributed by atoms with Gasteiger partial charge in [0.25, 0.3) is 0 Å². The van der Waals surface area contributed by atoms with Crippen LogP contribution in [-0.2, 0) is 9.59 Å². The van der Waals surface area contributed by atoms with Crippen molar-refractivity contribution in [2.45, 2.75) is 46.5 Å². The van der Waals surface area contributed by atoms with E-state index >= 15 is 0 Å². The van der Waals surface area contributed by atoms with Crippen LogP contribution in [0.5, 0.6) is 0 Å². The Morgan fingerprint density at radius 2 is 1.61 bits per heavy atom. The molecule has 2 rings (SSSR count). The fourth-order valence-electron chi connectivity index (χ4n) is 2.74. The topological polar surface area (TPSA) is 57.6 Å². The van der Waals surface area contributed by atoms with E-state index < -0.39 is 11.4 Å². The summed E-state index contributed by atoms with van der Waals surface area (Å²) >= 11 is 0. The molecule has 1 aliphatic carbocycles. The molecule has 0 aromatic carbocycles. The van der Waals surface area contributed by atoms with Gasteiger partial charge in [0.15, 0.2) is 0 Å². The summed E-state index contributed by atoms with van der Waals surface area (Å²) < 4.78 is 0. The van der Waals surface area contributed by atoms with Gasteiger partial charge < -0.3 is 10.0 Å². The maximum absolute atomic E-state index is 12.2. The Morgan fingerprint density at radius 1 is 1.11 bits per heavy atom. The standard InChI is InChI=1S/C14H23NO3/c1-10(2)13(3)6-8-15(9-7-13)11(16)14(4-5-14)12(17)18/h10H,4-9H2,1-3H3,(H,17,18). The Hall–Kier alpha value is -1.06. The van der Waals surface area contributed by atoms with Crippen molar-refractivity contribution >= 4 is 11.9 Å². The monoisotopic (exact) mass is 253 g/mol. The maximum Gasteiger partial charge on any atom is 0.319 e. The highest BCUT2D eigenvalue weighted by Crippen LogP contribution is 2.48. The van der Waals surface area contributed by atoms with E-state index in [0.717, 1.165) is 12.8 Å². The third-order valence-corrected chi connectivity index (χ3v) is 5.16. The zero-order chi connectivity index (χ0) is 13.6. The highest BCUT2D eigenvalue weighted by molar-refractivity contribution is 6.04. The van der Waals surface area contributed by atoms with Crippen molar-refractivity contribution in [1.29, 1.82) is 0 Å². The molecule has 0 atom stereocenters. The number of nitrogens with zero attached hydrogens (tertiary/aromatic N) is 1. The lowest BCUT2D eigenvalue weighted by Crippen LogP contribution is -2.48. The van der Waals surface area contributed by atoms with E-state index in [9.17, 15) is 9.59 Å². The zero-order valence-electron chi connectivity index (χ0n) is 11.5. The largest absolute Gasteiger partial charge is 0.480 e. The van der Waals surface area contributed by atoms with E-state index in [2.05, 4.69) is 20.8 Å². The quantitative estimate of drug-likeness (QED) is 0.784. The van der Waals surface area contributed by atoms with Crippen molar-refractivity contribution < 1.29 is 14.7 Å². The molecule has 102 valence electrons. The minimum absolute atomic E-state index is 0.152. The SMILES string of the molecule is CC(C)C1(C)CCN(C(=O)C2(C(=O)O)CC2)CC1. The number of amides is 1. The second-order valence-electron chi connectivity index (χ2n) is 6.49. The molecule has 1 N–H and O–H groups in total. The number of likely N-dealkylation sites (tertiary alicyclic amines) is 1. The molecule has 0 radical (unpaired) electrons. The first-order chi connectivity index (χ1) is 8.32. The Balaban J connectivity index is 1.99. The number of hydrogen-bond donors (Lipinski definition) is 1. The number of carboxylic acids is 1. The molecule has 0 aromatic heterocycles. The summed E-state index contributed by atoms with van der Waals surface area (Å²) in [6, 6.07) is 0. The van der Waals surface area contributed by atoms with Crippen LogP contribution in [0.3, 0.4) is 0 Å². The number of hydrogen-bond acceptors (Lipinski definition) is 2. The summed E-state index contributed by atoms with van der Waals surface area (Å²) in [4.78, 5) is 25.2. The molecule has 0 aromatic rings. The van der Waals surface area contributed by atoms with Gasteiger partial charge in [-0.25, -0.2) is 0 Å². The summed E-state index contributed by atoms with van der Waals surface area (Å²) in [5.74, 6) is -0.491. The number of carboxylic acid groups (broad SMARTS) is 1. The molecular formula is C14H23NO3. The first kappa shape index (κ1) is 13.4. The third-order valence-electron chi connectivity index (χ3n) is 5.16. The average Bonchev–Trinajstić information content (AvgIpc) is 3.10. The second-order valence-corrected chi connectivity index (χ2v) is 6.49. The molecule has 0 bridgehead atoms. The fraction of sp³-hybridized carbons (Fsp3) is 0.857. The van der Waals surface area contributed by atoms with Gasteiger partial charge in [0.05, 0.1) is 0 Å². The molecule has 2 aliphatic rings. The molecule has 1 saturated heterocycles. The molecule has 18 heavy (non-hydrogen) atoms. The Bertz CT molecular complexity index is 363. The number of rotatable bonds is 3. The highest BCUT2D eigenvalue weighted by Gasteiger charge is 2.58. The van der Waals surface area contributed by atoms with Crippen LogP contribution in [-0.4, -0.2) is 35.0 Å². The number of piperidine rings is 1. The second kappa shape index (κ2) is 4.25. The predicted octanol–water partition coefficient (Wildman–Crippen LogP) is 2.14. The molecule has 0 unspecified atom stereocenters. The van der Waals surface area contributed by atoms with Crippen molar-refractivity contribution in [3.8, 4) is 0 Å². The van der Waals surface area contributed by atoms with E-state index in [4.69, 9.17) is 5.11 Å². The smallest absolute Gasteiger partial charge is 0.319 e. The van der Waals surface area contributed by atoms with E-state index in [-0.39, 0.29) is 11.3 Å². The van der Waals surface area contributed by atoms with Crippen LogP contribution >= 0.6 is 0 Å². The van der Waals surface area contributed by atoms with Crippen molar-refractivity contribution in [2.75, 3.05) is 13.1 Å². The Morgan fingerprint density at radius 3 is 1.94 bits per heavy atom. The van der Waals surface area contributed by atoms with E-state index in [0.29, 0.717) is 31.8 Å². The molecule has 1 saturated carbocycles. The van der Waals surface area contributed by atoms with Gasteiger partial charge in [-0.2, -0.15) is 0 Å². The fourth-order valence-corrected chi connectivity index (χ4v) is 2.74. The van der Waals surface area contributed by atoms with Crippen molar-refractivity contribution in [3.05, 3.63) is 0 Å². The van der Waals surface area contributed by atoms with Gasteiger partial charge in [-0.05, 0) is 37.0 Å². The Kier molecular flexibility index (Phi) is 3.16. The van der Waals surface area contributed by atoms with Gasteiger partial charge in [0.1, 0.15) is 5.41 Å². The molecule has 4 nitrogen and oxygen atoms in total. The normalized spacial score (nSPS) is 25.0. The first-order valence-corrected chi connectivity index (χ1v) is 6.85. The third kappa shape index (κ3) is 2.02. The van der Waals surface area contributed by atoms with Crippen LogP contribution < -0.4 is 0 Å². The number of carbonyl (C=O) groups is 2. The number of aliphatic carboxylic acids is 1. The van der Waals surface area contributed by atoms with Crippen LogP contribution in [0, 0.1) is 16.7 Å². The van der Waals surface area contributed by atoms with Gasteiger partial charge in [-0.1, -0.05) is 20.8 Å². The lowest BCUT2D eigenvalue weighted by molar-refractivity contribution is -0.154. The van der Waals surface area contributed by atoms with E-state index in [1.54, 1.807) is 4.90 Å². The lowest BCUT2D eigenvalue weighted by atomic mass is 9.71. The van der Waals surface area contributed by atoms with Crippen LogP contribution in [0.4, 0.5) is 0 Å². The van der Waals surface area contributed by atoms with Crippen LogP contribution in [0.15, 0.2) is 0 Å². The molecule has 1 amide bonds. The summed E-state index contributed by atoms with van der Waals surface area (Å²) in [5.41, 5.74) is -0.776. The van der Waals surface area contributed by atoms with Gasteiger partial charge >= 0.3 is 5.97 Å². The molecule has 0 spiro atoms. The first-order valence-electron chi connectivity index (χ1n) is 6.85. The summed E-state index contributed by atoms with van der Waals surface area (Å²) in [5, 5.41) is 9.15. The van der Waals surface area contributed by atoms with Gasteiger partial charge in [-0.3, -0.25) is 9.59 Å². The molecule has 2 fully saturated rings. The molecular weight excluding hydrogens is 230 g/mol. The summed E-state index contributed by atoms with van der Waals surface area (Å²) in [7, 11) is 0. The maximum atomic E-state index is 12.2. The predicted molar refractivity (Wildman–Crippen MR) is 68.1 cm³/mol. The van der Waals surface area contributed by atoms with E-state index in [1.165, 1.54) is 0 Å². The average molecular weight is 253 g/mol. The molecule has 1 heterocycles. The van der Waals surface area contributed by atoms with Crippen LogP contribution in [0.1, 0.15) is 46.5 Å². The van der Waals surface area contributed by atoms with Gasteiger partial charge in [0.2, 0.25) is 5.91 Å². The van der Waals surface area contributed by atoms with Gasteiger partial charge in [-0.15, -0.1) is 0 Å². The highest BCUT2D eigenvalue weighted by atomic mass is 16.4. The van der Waals surface area contributed by atoms with Crippen LogP contribution in [0.25, 0.3) is 0 Å². The van der Waals surface area contributed by atoms with Gasteiger partial charge in [0, 0.05) is 13.1 Å². The van der Waals surface area contributed by atoms with Crippen molar-refractivity contribution in [3.63, 3.8) is 0 Å².